The van der Waals surface area contributed by atoms with Crippen molar-refractivity contribution in [1.29, 1.82) is 0 Å². The highest BCUT2D eigenvalue weighted by Gasteiger charge is 2.35. The van der Waals surface area contributed by atoms with Crippen LogP contribution in [0.25, 0.3) is 11.0 Å². The average Bonchev–Trinajstić information content (AvgIpc) is 2.69. The summed E-state index contributed by atoms with van der Waals surface area (Å²) in [7, 11) is 0. The van der Waals surface area contributed by atoms with E-state index in [0.29, 0.717) is 10.9 Å². The third-order valence-corrected chi connectivity index (χ3v) is 2.54. The second kappa shape index (κ2) is 4.36. The zero-order valence-electron chi connectivity index (χ0n) is 9.12. The smallest absolute Gasteiger partial charge is 0.449 e. The van der Waals surface area contributed by atoms with E-state index in [-0.39, 0.29) is 18.4 Å². The van der Waals surface area contributed by atoms with Crippen molar-refractivity contribution in [3.63, 3.8) is 0 Å². The van der Waals surface area contributed by atoms with E-state index >= 15 is 0 Å². The summed E-state index contributed by atoms with van der Waals surface area (Å²) in [5.41, 5.74) is 0.652. The molecule has 0 aliphatic heterocycles. The van der Waals surface area contributed by atoms with E-state index in [0.717, 1.165) is 6.07 Å². The summed E-state index contributed by atoms with van der Waals surface area (Å²) in [5, 5.41) is 8.89. The lowest BCUT2D eigenvalue weighted by atomic mass is 10.1. The summed E-state index contributed by atoms with van der Waals surface area (Å²) in [6.07, 6.45) is -4.50. The molecule has 0 fully saturated rings. The van der Waals surface area contributed by atoms with Crippen molar-refractivity contribution in [3.8, 4) is 0 Å². The van der Waals surface area contributed by atoms with Crippen LogP contribution in [0.4, 0.5) is 13.2 Å². The van der Waals surface area contributed by atoms with Gasteiger partial charge in [-0.3, -0.25) is 4.79 Å². The monoisotopic (exact) mass is 258 g/mol. The minimum Gasteiger partial charge on any atom is -0.481 e. The molecular weight excluding hydrogens is 249 g/mol. The second-order valence-electron chi connectivity index (χ2n) is 3.83. The van der Waals surface area contributed by atoms with Gasteiger partial charge < -0.3 is 9.52 Å². The molecule has 0 amide bonds. The van der Waals surface area contributed by atoms with Crippen molar-refractivity contribution >= 4 is 16.9 Å². The molecule has 1 aromatic heterocycles. The van der Waals surface area contributed by atoms with Gasteiger partial charge in [0.05, 0.1) is 0 Å². The molecule has 96 valence electrons. The fraction of sp³-hybridized carbons (Fsp3) is 0.250. The van der Waals surface area contributed by atoms with Crippen LogP contribution in [0, 0.1) is 0 Å². The first-order chi connectivity index (χ1) is 8.38. The fourth-order valence-electron chi connectivity index (χ4n) is 1.72. The van der Waals surface area contributed by atoms with Crippen LogP contribution in [0.2, 0.25) is 0 Å². The molecule has 1 N–H and O–H groups in total. The van der Waals surface area contributed by atoms with Crippen molar-refractivity contribution in [1.82, 2.24) is 0 Å². The first-order valence-electron chi connectivity index (χ1n) is 5.18. The van der Waals surface area contributed by atoms with E-state index in [4.69, 9.17) is 9.52 Å². The number of aliphatic carboxylic acids is 1. The summed E-state index contributed by atoms with van der Waals surface area (Å²) >= 11 is 0. The van der Waals surface area contributed by atoms with Crippen LogP contribution < -0.4 is 0 Å². The molecule has 0 bridgehead atoms. The molecule has 2 aromatic rings. The zero-order chi connectivity index (χ0) is 13.3. The topological polar surface area (TPSA) is 50.4 Å². The summed E-state index contributed by atoms with van der Waals surface area (Å²) in [5.74, 6) is -2.06. The molecule has 2 rings (SSSR count). The number of carboxylic acid groups (broad SMARTS) is 1. The predicted octanol–water partition coefficient (Wildman–Crippen LogP) is 3.47. The van der Waals surface area contributed by atoms with Gasteiger partial charge in [0.25, 0.3) is 0 Å². The summed E-state index contributed by atoms with van der Waals surface area (Å²) in [6.45, 7) is 0. The molecule has 0 aliphatic carbocycles. The van der Waals surface area contributed by atoms with Crippen LogP contribution in [0.3, 0.4) is 0 Å². The van der Waals surface area contributed by atoms with Crippen molar-refractivity contribution in [2.45, 2.75) is 19.0 Å². The fourth-order valence-corrected chi connectivity index (χ4v) is 1.72. The molecule has 6 heteroatoms. The van der Waals surface area contributed by atoms with Crippen molar-refractivity contribution in [3.05, 3.63) is 35.6 Å². The lowest BCUT2D eigenvalue weighted by Gasteiger charge is -1.99. The normalized spacial score (nSPS) is 11.9. The third-order valence-electron chi connectivity index (χ3n) is 2.54. The Morgan fingerprint density at radius 2 is 2.06 bits per heavy atom. The Kier molecular flexibility index (Phi) is 3.02. The van der Waals surface area contributed by atoms with Gasteiger partial charge in [-0.05, 0) is 24.1 Å². The Morgan fingerprint density at radius 1 is 1.33 bits per heavy atom. The van der Waals surface area contributed by atoms with E-state index in [1.54, 1.807) is 12.1 Å². The van der Waals surface area contributed by atoms with Gasteiger partial charge in [0.15, 0.2) is 0 Å². The number of furan rings is 1. The summed E-state index contributed by atoms with van der Waals surface area (Å²) in [6, 6.07) is 5.48. The molecule has 0 radical (unpaired) electrons. The van der Waals surface area contributed by atoms with Crippen LogP contribution in [0.15, 0.2) is 28.7 Å². The van der Waals surface area contributed by atoms with Crippen LogP contribution in [-0.2, 0) is 17.4 Å². The van der Waals surface area contributed by atoms with E-state index in [2.05, 4.69) is 0 Å². The molecule has 0 spiro atoms. The molecule has 0 unspecified atom stereocenters. The van der Waals surface area contributed by atoms with Gasteiger partial charge in [-0.25, -0.2) is 0 Å². The Morgan fingerprint density at radius 3 is 2.67 bits per heavy atom. The summed E-state index contributed by atoms with van der Waals surface area (Å²) < 4.78 is 42.2. The first kappa shape index (κ1) is 12.5. The third kappa shape index (κ3) is 2.47. The van der Waals surface area contributed by atoms with Crippen LogP contribution in [-0.4, -0.2) is 11.1 Å². The molecular formula is C12H9F3O3. The molecule has 0 atom stereocenters. The van der Waals surface area contributed by atoms with Crippen molar-refractivity contribution in [2.75, 3.05) is 0 Å². The highest BCUT2D eigenvalue weighted by atomic mass is 19.4. The van der Waals surface area contributed by atoms with Gasteiger partial charge in [0.1, 0.15) is 5.58 Å². The van der Waals surface area contributed by atoms with Gasteiger partial charge >= 0.3 is 12.1 Å². The van der Waals surface area contributed by atoms with Gasteiger partial charge in [-0.2, -0.15) is 13.2 Å². The second-order valence-corrected chi connectivity index (χ2v) is 3.83. The number of hydrogen-bond donors (Lipinski definition) is 1. The molecule has 0 saturated heterocycles. The maximum Gasteiger partial charge on any atom is 0.449 e. The number of carboxylic acids is 1. The molecule has 1 heterocycles. The Hall–Kier alpha value is -1.98. The van der Waals surface area contributed by atoms with Crippen LogP contribution in [0.5, 0.6) is 0 Å². The van der Waals surface area contributed by atoms with E-state index in [9.17, 15) is 18.0 Å². The summed E-state index contributed by atoms with van der Waals surface area (Å²) in [4.78, 5) is 10.5. The van der Waals surface area contributed by atoms with Gasteiger partial charge in [0.2, 0.25) is 5.76 Å². The number of halogens is 3. The van der Waals surface area contributed by atoms with E-state index in [1.165, 1.54) is 6.07 Å². The highest BCUT2D eigenvalue weighted by molar-refractivity contribution is 5.82. The van der Waals surface area contributed by atoms with Gasteiger partial charge in [-0.15, -0.1) is 0 Å². The molecule has 1 aromatic carbocycles. The molecule has 3 nitrogen and oxygen atoms in total. The standard InChI is InChI=1S/C12H9F3O3/c13-12(14,15)10-6-8-7(4-5-11(16)17)2-1-3-9(8)18-10/h1-3,6H,4-5H2,(H,16,17). The van der Waals surface area contributed by atoms with Gasteiger partial charge in [-0.1, -0.05) is 12.1 Å². The lowest BCUT2D eigenvalue weighted by Crippen LogP contribution is -2.02. The zero-order valence-corrected chi connectivity index (χ0v) is 9.12. The number of rotatable bonds is 3. The number of aryl methyl sites for hydroxylation is 1. The largest absolute Gasteiger partial charge is 0.481 e. The van der Waals surface area contributed by atoms with E-state index < -0.39 is 17.9 Å². The Bertz CT molecular complexity index is 584. The maximum atomic E-state index is 12.5. The maximum absolute atomic E-state index is 12.5. The van der Waals surface area contributed by atoms with Crippen molar-refractivity contribution in [2.24, 2.45) is 0 Å². The SMILES string of the molecule is O=C(O)CCc1cccc2oc(C(F)(F)F)cc12. The van der Waals surface area contributed by atoms with Crippen molar-refractivity contribution < 1.29 is 27.5 Å². The molecule has 0 aliphatic rings. The molecule has 0 saturated carbocycles. The van der Waals surface area contributed by atoms with Crippen LogP contribution >= 0.6 is 0 Å². The number of hydrogen-bond acceptors (Lipinski definition) is 2. The quantitative estimate of drug-likeness (QED) is 0.917. The Labute approximate surface area is 99.8 Å². The number of fused-ring (bicyclic) bond motifs is 1. The minimum atomic E-state index is -4.54. The highest BCUT2D eigenvalue weighted by Crippen LogP contribution is 2.35. The van der Waals surface area contributed by atoms with E-state index in [1.807, 2.05) is 0 Å². The number of carbonyl (C=O) groups is 1. The first-order valence-corrected chi connectivity index (χ1v) is 5.18. The van der Waals surface area contributed by atoms with Gasteiger partial charge in [0, 0.05) is 11.8 Å². The molecule has 18 heavy (non-hydrogen) atoms. The Balaban J connectivity index is 2.42. The number of benzene rings is 1. The van der Waals surface area contributed by atoms with Crippen LogP contribution in [0.1, 0.15) is 17.7 Å². The number of alkyl halides is 3. The minimum absolute atomic E-state index is 0.116. The predicted molar refractivity (Wildman–Crippen MR) is 57.2 cm³/mol. The lowest BCUT2D eigenvalue weighted by molar-refractivity contribution is -0.152. The average molecular weight is 258 g/mol.